The second-order valence-corrected chi connectivity index (χ2v) is 5.20. The number of ketones is 1. The fraction of sp³-hybridized carbons (Fsp3) is 0.0714. The molecule has 0 saturated heterocycles. The first kappa shape index (κ1) is 14.0. The van der Waals surface area contributed by atoms with Crippen LogP contribution in [-0.2, 0) is 0 Å². The summed E-state index contributed by atoms with van der Waals surface area (Å²) in [6, 6.07) is 5.37. The minimum atomic E-state index is -0.788. The molecule has 0 unspecified atom stereocenters. The first-order valence-corrected chi connectivity index (χ1v) is 6.43. The maximum atomic E-state index is 13.7. The van der Waals surface area contributed by atoms with Crippen molar-refractivity contribution in [2.24, 2.45) is 0 Å². The molecule has 0 aliphatic rings. The highest BCUT2D eigenvalue weighted by Crippen LogP contribution is 2.21. The van der Waals surface area contributed by atoms with Crippen LogP contribution in [0.15, 0.2) is 30.3 Å². The minimum Gasteiger partial charge on any atom is -0.288 e. The van der Waals surface area contributed by atoms with Gasteiger partial charge in [0.25, 0.3) is 0 Å². The molecule has 0 aliphatic carbocycles. The van der Waals surface area contributed by atoms with E-state index in [1.165, 1.54) is 13.0 Å². The maximum absolute atomic E-state index is 13.7. The molecule has 2 aromatic carbocycles. The van der Waals surface area contributed by atoms with Gasteiger partial charge >= 0.3 is 0 Å². The van der Waals surface area contributed by atoms with Crippen LogP contribution in [0.5, 0.6) is 0 Å². The molecule has 0 N–H and O–H groups in total. The number of aryl methyl sites for hydroxylation is 1. The number of hydrogen-bond acceptors (Lipinski definition) is 1. The third kappa shape index (κ3) is 2.80. The van der Waals surface area contributed by atoms with Crippen molar-refractivity contribution < 1.29 is 18.0 Å². The van der Waals surface area contributed by atoms with Crippen molar-refractivity contribution in [2.75, 3.05) is 0 Å². The topological polar surface area (TPSA) is 17.1 Å². The van der Waals surface area contributed by atoms with Gasteiger partial charge in [-0.05, 0) is 65.4 Å². The maximum Gasteiger partial charge on any atom is 0.197 e. The molecule has 0 bridgehead atoms. The zero-order chi connectivity index (χ0) is 14.2. The van der Waals surface area contributed by atoms with Gasteiger partial charge in [0.15, 0.2) is 5.78 Å². The van der Waals surface area contributed by atoms with Gasteiger partial charge in [-0.1, -0.05) is 0 Å². The lowest BCUT2D eigenvalue weighted by molar-refractivity contribution is 0.103. The average Bonchev–Trinajstić information content (AvgIpc) is 2.33. The Morgan fingerprint density at radius 2 is 1.68 bits per heavy atom. The van der Waals surface area contributed by atoms with E-state index in [1.807, 2.05) is 0 Å². The lowest BCUT2D eigenvalue weighted by Crippen LogP contribution is -2.08. The zero-order valence-electron chi connectivity index (χ0n) is 9.81. The number of benzene rings is 2. The summed E-state index contributed by atoms with van der Waals surface area (Å²) in [6.07, 6.45) is 0. The van der Waals surface area contributed by atoms with E-state index in [1.54, 1.807) is 22.6 Å². The minimum absolute atomic E-state index is 0.128. The molecule has 0 spiro atoms. The van der Waals surface area contributed by atoms with Crippen molar-refractivity contribution in [3.63, 3.8) is 0 Å². The second-order valence-electron chi connectivity index (χ2n) is 4.03. The van der Waals surface area contributed by atoms with Gasteiger partial charge in [-0.3, -0.25) is 4.79 Å². The molecule has 0 amide bonds. The normalized spacial score (nSPS) is 10.6. The average molecular weight is 376 g/mol. The van der Waals surface area contributed by atoms with Crippen LogP contribution >= 0.6 is 22.6 Å². The van der Waals surface area contributed by atoms with E-state index >= 15 is 0 Å². The van der Waals surface area contributed by atoms with E-state index in [2.05, 4.69) is 0 Å². The Kier molecular flexibility index (Phi) is 3.93. The summed E-state index contributed by atoms with van der Waals surface area (Å²) in [5, 5.41) is 0. The van der Waals surface area contributed by atoms with Crippen LogP contribution in [-0.4, -0.2) is 5.78 Å². The largest absolute Gasteiger partial charge is 0.288 e. The van der Waals surface area contributed by atoms with Crippen molar-refractivity contribution >= 4 is 28.4 Å². The predicted octanol–water partition coefficient (Wildman–Crippen LogP) is 4.25. The monoisotopic (exact) mass is 376 g/mol. The van der Waals surface area contributed by atoms with Crippen molar-refractivity contribution in [2.45, 2.75) is 6.92 Å². The van der Waals surface area contributed by atoms with Gasteiger partial charge in [0.2, 0.25) is 0 Å². The van der Waals surface area contributed by atoms with Crippen LogP contribution in [0, 0.1) is 27.9 Å². The Labute approximate surface area is 121 Å². The van der Waals surface area contributed by atoms with Crippen LogP contribution in [0.1, 0.15) is 21.5 Å². The molecule has 19 heavy (non-hydrogen) atoms. The van der Waals surface area contributed by atoms with Crippen LogP contribution in [0.4, 0.5) is 13.2 Å². The highest BCUT2D eigenvalue weighted by Gasteiger charge is 2.18. The Balaban J connectivity index is 2.53. The molecule has 98 valence electrons. The zero-order valence-corrected chi connectivity index (χ0v) is 12.0. The summed E-state index contributed by atoms with van der Waals surface area (Å²) in [7, 11) is 0. The van der Waals surface area contributed by atoms with Gasteiger partial charge in [0.1, 0.15) is 17.5 Å². The summed E-state index contributed by atoms with van der Waals surface area (Å²) in [5.41, 5.74) is -0.0837. The summed E-state index contributed by atoms with van der Waals surface area (Å²) >= 11 is 1.78. The fourth-order valence-electron chi connectivity index (χ4n) is 1.64. The van der Waals surface area contributed by atoms with Gasteiger partial charge in [-0.15, -0.1) is 0 Å². The number of carbonyl (C=O) groups is 1. The van der Waals surface area contributed by atoms with Crippen molar-refractivity contribution in [1.29, 1.82) is 0 Å². The fourth-order valence-corrected chi connectivity index (χ4v) is 2.36. The Morgan fingerprint density at radius 3 is 2.32 bits per heavy atom. The van der Waals surface area contributed by atoms with E-state index < -0.39 is 23.2 Å². The number of halogens is 4. The molecule has 5 heteroatoms. The lowest BCUT2D eigenvalue weighted by Gasteiger charge is -2.07. The van der Waals surface area contributed by atoms with Crippen LogP contribution in [0.25, 0.3) is 0 Å². The Bertz CT molecular complexity index is 668. The molecule has 1 nitrogen and oxygen atoms in total. The van der Waals surface area contributed by atoms with E-state index in [4.69, 9.17) is 0 Å². The first-order chi connectivity index (χ1) is 8.90. The number of hydrogen-bond donors (Lipinski definition) is 0. The van der Waals surface area contributed by atoms with Crippen LogP contribution in [0.3, 0.4) is 0 Å². The van der Waals surface area contributed by atoms with Gasteiger partial charge in [0.05, 0.1) is 5.56 Å². The quantitative estimate of drug-likeness (QED) is 0.566. The summed E-state index contributed by atoms with van der Waals surface area (Å²) in [4.78, 5) is 12.1. The van der Waals surface area contributed by atoms with E-state index in [0.717, 1.165) is 24.3 Å². The third-order valence-corrected chi connectivity index (χ3v) is 3.56. The second kappa shape index (κ2) is 5.32. The van der Waals surface area contributed by atoms with E-state index in [-0.39, 0.29) is 16.7 Å². The predicted molar refractivity (Wildman–Crippen MR) is 73.6 cm³/mol. The Morgan fingerprint density at radius 1 is 1.00 bits per heavy atom. The first-order valence-electron chi connectivity index (χ1n) is 5.35. The molecule has 0 heterocycles. The molecular formula is C14H8F3IO. The number of carbonyl (C=O) groups excluding carboxylic acids is 1. The van der Waals surface area contributed by atoms with Crippen molar-refractivity contribution in [3.05, 3.63) is 68.0 Å². The third-order valence-electron chi connectivity index (χ3n) is 2.67. The molecule has 2 aromatic rings. The van der Waals surface area contributed by atoms with Gasteiger partial charge in [-0.25, -0.2) is 13.2 Å². The van der Waals surface area contributed by atoms with Gasteiger partial charge in [0, 0.05) is 9.13 Å². The Hall–Kier alpha value is -1.37. The van der Waals surface area contributed by atoms with Crippen LogP contribution < -0.4 is 0 Å². The van der Waals surface area contributed by atoms with E-state index in [0.29, 0.717) is 3.57 Å². The highest BCUT2D eigenvalue weighted by molar-refractivity contribution is 14.1. The molecule has 0 radical (unpaired) electrons. The molecule has 0 aromatic heterocycles. The lowest BCUT2D eigenvalue weighted by atomic mass is 10.0. The molecule has 0 atom stereocenters. The summed E-state index contributed by atoms with van der Waals surface area (Å²) < 4.78 is 40.4. The highest BCUT2D eigenvalue weighted by atomic mass is 127. The SMILES string of the molecule is Cc1cc(F)c(C(=O)c2ccc(F)cc2I)cc1F. The number of rotatable bonds is 2. The molecule has 0 aliphatic heterocycles. The van der Waals surface area contributed by atoms with Gasteiger partial charge in [-0.2, -0.15) is 0 Å². The van der Waals surface area contributed by atoms with Crippen molar-refractivity contribution in [1.82, 2.24) is 0 Å². The smallest absolute Gasteiger partial charge is 0.197 e. The standard InChI is InChI=1S/C14H8F3IO/c1-7-4-12(17)10(6-11(7)16)14(19)9-3-2-8(15)5-13(9)18/h2-6H,1H3. The van der Waals surface area contributed by atoms with Gasteiger partial charge < -0.3 is 0 Å². The molecular weight excluding hydrogens is 368 g/mol. The van der Waals surface area contributed by atoms with E-state index in [9.17, 15) is 18.0 Å². The van der Waals surface area contributed by atoms with Crippen molar-refractivity contribution in [3.8, 4) is 0 Å². The van der Waals surface area contributed by atoms with Crippen LogP contribution in [0.2, 0.25) is 0 Å². The molecule has 0 saturated carbocycles. The molecule has 0 fully saturated rings. The summed E-state index contributed by atoms with van der Waals surface area (Å²) in [6.45, 7) is 1.41. The summed E-state index contributed by atoms with van der Waals surface area (Å²) in [5.74, 6) is -2.59. The molecule has 2 rings (SSSR count).